The van der Waals surface area contributed by atoms with Crippen LogP contribution in [0.15, 0.2) is 60.8 Å². The van der Waals surface area contributed by atoms with Crippen LogP contribution in [0.2, 0.25) is 0 Å². The molecule has 1 N–H and O–H groups in total. The lowest BCUT2D eigenvalue weighted by Gasteiger charge is -2.25. The Morgan fingerprint density at radius 3 is 1.22 bits per heavy atom. The van der Waals surface area contributed by atoms with Crippen molar-refractivity contribution in [3.8, 4) is 0 Å². The molecule has 388 valence electrons. The normalized spacial score (nSPS) is 13.3. The minimum Gasteiger partial charge on any atom is -0.477 e. The summed E-state index contributed by atoms with van der Waals surface area (Å²) in [6, 6.07) is 0. The summed E-state index contributed by atoms with van der Waals surface area (Å²) in [6.45, 7) is 4.83. The molecule has 0 fully saturated rings. The van der Waals surface area contributed by atoms with E-state index in [1.165, 1.54) is 122 Å². The maximum absolute atomic E-state index is 12.8. The minimum absolute atomic E-state index is 0.183. The van der Waals surface area contributed by atoms with Gasteiger partial charge in [-0.3, -0.25) is 9.59 Å². The molecular formula is C58H104NO8+. The van der Waals surface area contributed by atoms with Crippen LogP contribution in [0.5, 0.6) is 0 Å². The third-order valence-corrected chi connectivity index (χ3v) is 11.7. The SMILES string of the molecule is CCCCC/C=C\C/C=C\C/C=C\CCCCCCCCC(=O)OC(COC(=O)CCCCCCCCCCCCC/C=C\C/C=C\CCCCCCC)COC(OCC[N+](C)(C)C)C(=O)O. The number of carbonyl (C=O) groups is 3. The van der Waals surface area contributed by atoms with E-state index in [4.69, 9.17) is 18.9 Å². The monoisotopic (exact) mass is 943 g/mol. The van der Waals surface area contributed by atoms with Crippen LogP contribution in [-0.2, 0) is 33.3 Å². The van der Waals surface area contributed by atoms with Gasteiger partial charge >= 0.3 is 17.9 Å². The Morgan fingerprint density at radius 1 is 0.448 bits per heavy atom. The molecule has 0 aromatic heterocycles. The van der Waals surface area contributed by atoms with Crippen LogP contribution in [0, 0.1) is 0 Å². The van der Waals surface area contributed by atoms with Gasteiger partial charge in [-0.2, -0.15) is 0 Å². The lowest BCUT2D eigenvalue weighted by atomic mass is 10.0. The van der Waals surface area contributed by atoms with E-state index in [2.05, 4.69) is 74.6 Å². The van der Waals surface area contributed by atoms with Gasteiger partial charge in [0.05, 0.1) is 34.4 Å². The molecule has 0 aromatic carbocycles. The Labute approximate surface area is 412 Å². The van der Waals surface area contributed by atoms with Crippen molar-refractivity contribution in [2.24, 2.45) is 0 Å². The lowest BCUT2D eigenvalue weighted by molar-refractivity contribution is -0.870. The minimum atomic E-state index is -1.52. The summed E-state index contributed by atoms with van der Waals surface area (Å²) in [5.41, 5.74) is 0. The Morgan fingerprint density at radius 2 is 0.806 bits per heavy atom. The highest BCUT2D eigenvalue weighted by Gasteiger charge is 2.25. The Balaban J connectivity index is 4.31. The van der Waals surface area contributed by atoms with Crippen LogP contribution in [0.25, 0.3) is 0 Å². The number of carboxylic acids is 1. The lowest BCUT2D eigenvalue weighted by Crippen LogP contribution is -2.40. The van der Waals surface area contributed by atoms with E-state index >= 15 is 0 Å². The quantitative estimate of drug-likeness (QED) is 0.0211. The Bertz CT molecular complexity index is 1280. The standard InChI is InChI=1S/C58H103NO8/c1-6-8-10-12-14-16-18-20-22-24-26-27-28-29-31-32-34-36-38-40-42-44-46-48-55(60)65-52-54(53-66-58(57(62)63)64-51-50-59(3,4)5)67-56(61)49-47-45-43-41-39-37-35-33-30-25-23-21-19-17-15-13-11-9-7-2/h15,17-18,20-21,23-24,26,30,33,54,58H,6-14,16,19,22,25,27-29,31-32,34-53H2,1-5H3/p+1/b17-15-,20-18-,23-21-,26-24-,33-30-. The zero-order chi connectivity index (χ0) is 49.2. The molecule has 0 aromatic rings. The highest BCUT2D eigenvalue weighted by Crippen LogP contribution is 2.15. The maximum Gasteiger partial charge on any atom is 0.361 e. The first kappa shape index (κ1) is 64.0. The van der Waals surface area contributed by atoms with Gasteiger partial charge in [0.15, 0.2) is 6.10 Å². The van der Waals surface area contributed by atoms with Crippen LogP contribution in [0.1, 0.15) is 232 Å². The number of unbranched alkanes of at least 4 members (excludes halogenated alkanes) is 25. The number of likely N-dealkylation sites (N-methyl/N-ethyl adjacent to an activating group) is 1. The molecule has 0 aliphatic heterocycles. The van der Waals surface area contributed by atoms with Gasteiger partial charge in [0, 0.05) is 12.8 Å². The predicted octanol–water partition coefficient (Wildman–Crippen LogP) is 15.7. The average Bonchev–Trinajstić information content (AvgIpc) is 3.29. The number of carboxylic acid groups (broad SMARTS) is 1. The summed E-state index contributed by atoms with van der Waals surface area (Å²) in [5, 5.41) is 9.69. The number of carbonyl (C=O) groups excluding carboxylic acids is 2. The number of rotatable bonds is 50. The highest BCUT2D eigenvalue weighted by atomic mass is 16.7. The van der Waals surface area contributed by atoms with Gasteiger partial charge in [-0.05, 0) is 83.5 Å². The van der Waals surface area contributed by atoms with Crippen molar-refractivity contribution in [3.63, 3.8) is 0 Å². The number of hydrogen-bond donors (Lipinski definition) is 1. The molecular weight excluding hydrogens is 839 g/mol. The van der Waals surface area contributed by atoms with Crippen molar-refractivity contribution >= 4 is 17.9 Å². The number of ether oxygens (including phenoxy) is 4. The molecule has 0 heterocycles. The topological polar surface area (TPSA) is 108 Å². The average molecular weight is 943 g/mol. The first-order valence-corrected chi connectivity index (χ1v) is 27.5. The molecule has 0 rings (SSSR count). The third kappa shape index (κ3) is 50.7. The van der Waals surface area contributed by atoms with Crippen molar-refractivity contribution in [2.75, 3.05) is 47.5 Å². The van der Waals surface area contributed by atoms with E-state index in [1.807, 2.05) is 21.1 Å². The Kier molecular flexibility index (Phi) is 47.2. The number of quaternary nitrogens is 1. The fraction of sp³-hybridized carbons (Fsp3) is 0.776. The van der Waals surface area contributed by atoms with Gasteiger partial charge in [0.2, 0.25) is 0 Å². The van der Waals surface area contributed by atoms with Crippen molar-refractivity contribution in [1.29, 1.82) is 0 Å². The van der Waals surface area contributed by atoms with Gasteiger partial charge < -0.3 is 28.5 Å². The molecule has 2 unspecified atom stereocenters. The zero-order valence-corrected chi connectivity index (χ0v) is 44.1. The first-order chi connectivity index (χ1) is 32.6. The fourth-order valence-corrected chi connectivity index (χ4v) is 7.46. The van der Waals surface area contributed by atoms with Gasteiger partial charge in [-0.25, -0.2) is 4.79 Å². The van der Waals surface area contributed by atoms with Crippen molar-refractivity contribution in [2.45, 2.75) is 245 Å². The Hall–Kier alpha value is -3.01. The molecule has 9 nitrogen and oxygen atoms in total. The number of nitrogens with zero attached hydrogens (tertiary/aromatic N) is 1. The number of hydrogen-bond acceptors (Lipinski definition) is 7. The number of aliphatic carboxylic acids is 1. The van der Waals surface area contributed by atoms with E-state index in [-0.39, 0.29) is 32.2 Å². The van der Waals surface area contributed by atoms with E-state index in [0.29, 0.717) is 23.9 Å². The summed E-state index contributed by atoms with van der Waals surface area (Å²) < 4.78 is 22.8. The number of allylic oxidation sites excluding steroid dienone is 10. The predicted molar refractivity (Wildman–Crippen MR) is 281 cm³/mol. The molecule has 0 spiro atoms. The summed E-state index contributed by atoms with van der Waals surface area (Å²) >= 11 is 0. The molecule has 67 heavy (non-hydrogen) atoms. The summed E-state index contributed by atoms with van der Waals surface area (Å²) in [4.78, 5) is 37.4. The van der Waals surface area contributed by atoms with Gasteiger partial charge in [0.25, 0.3) is 6.29 Å². The molecule has 9 heteroatoms. The van der Waals surface area contributed by atoms with Gasteiger partial charge in [0.1, 0.15) is 13.2 Å². The van der Waals surface area contributed by atoms with Crippen LogP contribution < -0.4 is 0 Å². The second kappa shape index (κ2) is 49.4. The third-order valence-electron chi connectivity index (χ3n) is 11.7. The smallest absolute Gasteiger partial charge is 0.361 e. The second-order valence-corrected chi connectivity index (χ2v) is 19.5. The van der Waals surface area contributed by atoms with E-state index in [0.717, 1.165) is 77.0 Å². The molecule has 0 amide bonds. The molecule has 0 aliphatic rings. The molecule has 0 saturated heterocycles. The summed E-state index contributed by atoms with van der Waals surface area (Å²) in [7, 11) is 5.96. The molecule has 2 atom stereocenters. The first-order valence-electron chi connectivity index (χ1n) is 27.5. The van der Waals surface area contributed by atoms with Crippen LogP contribution >= 0.6 is 0 Å². The van der Waals surface area contributed by atoms with Crippen molar-refractivity contribution in [1.82, 2.24) is 0 Å². The van der Waals surface area contributed by atoms with E-state index < -0.39 is 24.3 Å². The largest absolute Gasteiger partial charge is 0.477 e. The molecule has 0 radical (unpaired) electrons. The van der Waals surface area contributed by atoms with Crippen LogP contribution in [-0.4, -0.2) is 87.4 Å². The summed E-state index contributed by atoms with van der Waals surface area (Å²) in [5.74, 6) is -2.02. The van der Waals surface area contributed by atoms with Crippen molar-refractivity contribution < 1.29 is 42.9 Å². The van der Waals surface area contributed by atoms with Gasteiger partial charge in [-0.15, -0.1) is 0 Å². The maximum atomic E-state index is 12.8. The molecule has 0 aliphatic carbocycles. The van der Waals surface area contributed by atoms with E-state index in [1.54, 1.807) is 0 Å². The molecule has 0 bridgehead atoms. The highest BCUT2D eigenvalue weighted by molar-refractivity contribution is 5.71. The van der Waals surface area contributed by atoms with Crippen molar-refractivity contribution in [3.05, 3.63) is 60.8 Å². The second-order valence-electron chi connectivity index (χ2n) is 19.5. The van der Waals surface area contributed by atoms with E-state index in [9.17, 15) is 19.5 Å². The van der Waals surface area contributed by atoms with Crippen LogP contribution in [0.3, 0.4) is 0 Å². The number of esters is 2. The van der Waals surface area contributed by atoms with Gasteiger partial charge in [-0.1, -0.05) is 197 Å². The zero-order valence-electron chi connectivity index (χ0n) is 44.1. The molecule has 0 saturated carbocycles. The van der Waals surface area contributed by atoms with Crippen LogP contribution in [0.4, 0.5) is 0 Å². The summed E-state index contributed by atoms with van der Waals surface area (Å²) in [6.07, 6.45) is 58.5. The fourth-order valence-electron chi connectivity index (χ4n) is 7.46.